The van der Waals surface area contributed by atoms with E-state index in [9.17, 15) is 18.7 Å². The van der Waals surface area contributed by atoms with Gasteiger partial charge in [-0.05, 0) is 56.9 Å². The number of benzene rings is 1. The van der Waals surface area contributed by atoms with Crippen LogP contribution in [-0.4, -0.2) is 47.1 Å². The Balaban J connectivity index is 1.27. The number of carboxylic acids is 1. The molecule has 2 atom stereocenters. The molecule has 0 aliphatic heterocycles. The van der Waals surface area contributed by atoms with Crippen molar-refractivity contribution < 1.29 is 28.2 Å². The Morgan fingerprint density at radius 1 is 1.15 bits per heavy atom. The fraction of sp³-hybridized carbons (Fsp3) is 0.333. The van der Waals surface area contributed by atoms with Crippen molar-refractivity contribution in [3.05, 3.63) is 65.6 Å². The van der Waals surface area contributed by atoms with Crippen molar-refractivity contribution in [1.82, 2.24) is 29.9 Å². The molecular formula is C27H27F2N7O4. The van der Waals surface area contributed by atoms with Gasteiger partial charge in [0.1, 0.15) is 17.2 Å². The summed E-state index contributed by atoms with van der Waals surface area (Å²) in [7, 11) is 1.75. The zero-order valence-electron chi connectivity index (χ0n) is 21.8. The average molecular weight is 552 g/mol. The Morgan fingerprint density at radius 2 is 2.00 bits per heavy atom. The van der Waals surface area contributed by atoms with Crippen molar-refractivity contribution in [2.75, 3.05) is 5.32 Å². The lowest BCUT2D eigenvalue weighted by atomic mass is 9.87. The number of carbonyl (C=O) groups is 1. The molecule has 3 aromatic heterocycles. The first kappa shape index (κ1) is 26.9. The second-order valence-electron chi connectivity index (χ2n) is 9.48. The number of rotatable bonds is 9. The number of anilines is 1. The monoisotopic (exact) mass is 551 g/mol. The Bertz CT molecular complexity index is 1530. The summed E-state index contributed by atoms with van der Waals surface area (Å²) >= 11 is 0. The Kier molecular flexibility index (Phi) is 7.80. The third kappa shape index (κ3) is 6.14. The van der Waals surface area contributed by atoms with E-state index in [2.05, 4.69) is 30.6 Å². The number of aromatic nitrogens is 6. The molecule has 0 amide bonds. The van der Waals surface area contributed by atoms with Crippen molar-refractivity contribution in [1.29, 1.82) is 0 Å². The molecule has 0 radical (unpaired) electrons. The summed E-state index contributed by atoms with van der Waals surface area (Å²) in [5, 5.41) is 20.9. The van der Waals surface area contributed by atoms with Crippen LogP contribution < -0.4 is 14.8 Å². The van der Waals surface area contributed by atoms with Crippen molar-refractivity contribution in [3.8, 4) is 28.8 Å². The molecule has 1 saturated carbocycles. The van der Waals surface area contributed by atoms with E-state index < -0.39 is 17.6 Å². The predicted octanol–water partition coefficient (Wildman–Crippen LogP) is 4.68. The first-order chi connectivity index (χ1) is 19.3. The maximum absolute atomic E-state index is 13.5. The van der Waals surface area contributed by atoms with Crippen LogP contribution in [0, 0.1) is 24.5 Å². The van der Waals surface area contributed by atoms with Gasteiger partial charge in [0.25, 0.3) is 0 Å². The quantitative estimate of drug-likeness (QED) is 0.302. The van der Waals surface area contributed by atoms with E-state index in [0.29, 0.717) is 41.4 Å². The number of nitrogens with zero attached hydrogens (tertiary/aromatic N) is 6. The van der Waals surface area contributed by atoms with Crippen LogP contribution in [0.2, 0.25) is 0 Å². The van der Waals surface area contributed by atoms with E-state index in [1.165, 1.54) is 18.3 Å². The summed E-state index contributed by atoms with van der Waals surface area (Å²) in [4.78, 5) is 24.5. The van der Waals surface area contributed by atoms with Crippen molar-refractivity contribution in [3.63, 3.8) is 0 Å². The van der Waals surface area contributed by atoms with Gasteiger partial charge in [0, 0.05) is 25.4 Å². The molecule has 1 fully saturated rings. The van der Waals surface area contributed by atoms with Gasteiger partial charge in [-0.15, -0.1) is 5.10 Å². The Labute approximate surface area is 228 Å². The number of hydrogen-bond acceptors (Lipinski definition) is 9. The number of pyridine rings is 1. The normalized spacial score (nSPS) is 16.9. The third-order valence-electron chi connectivity index (χ3n) is 6.65. The van der Waals surface area contributed by atoms with Crippen LogP contribution in [0.25, 0.3) is 11.4 Å². The van der Waals surface area contributed by atoms with Crippen LogP contribution in [0.3, 0.4) is 0 Å². The summed E-state index contributed by atoms with van der Waals surface area (Å²) in [6.45, 7) is 2.09. The van der Waals surface area contributed by atoms with Gasteiger partial charge in [0.15, 0.2) is 11.6 Å². The number of halogens is 2. The van der Waals surface area contributed by atoms with Crippen molar-refractivity contribution in [2.45, 2.75) is 45.3 Å². The van der Waals surface area contributed by atoms with E-state index in [-0.39, 0.29) is 36.1 Å². The third-order valence-corrected chi connectivity index (χ3v) is 6.65. The second-order valence-corrected chi connectivity index (χ2v) is 9.48. The van der Waals surface area contributed by atoms with E-state index >= 15 is 0 Å². The highest BCUT2D eigenvalue weighted by Gasteiger charge is 2.28. The van der Waals surface area contributed by atoms with E-state index in [1.807, 2.05) is 13.0 Å². The fourth-order valence-corrected chi connectivity index (χ4v) is 4.54. The molecule has 3 heterocycles. The summed E-state index contributed by atoms with van der Waals surface area (Å²) in [6, 6.07) is 8.31. The topological polar surface area (TPSA) is 137 Å². The van der Waals surface area contributed by atoms with Crippen LogP contribution in [0.5, 0.6) is 17.4 Å². The molecule has 1 aromatic carbocycles. The summed E-state index contributed by atoms with van der Waals surface area (Å²) in [5.74, 6) is -2.07. The van der Waals surface area contributed by atoms with Crippen LogP contribution in [0.1, 0.15) is 37.1 Å². The van der Waals surface area contributed by atoms with Crippen LogP contribution in [-0.2, 0) is 18.4 Å². The van der Waals surface area contributed by atoms with Gasteiger partial charge in [-0.2, -0.15) is 4.98 Å². The molecule has 1 aliphatic rings. The minimum absolute atomic E-state index is 0.0979. The molecule has 0 spiro atoms. The number of aryl methyl sites for hydroxylation is 2. The zero-order chi connectivity index (χ0) is 28.2. The van der Waals surface area contributed by atoms with Gasteiger partial charge in [-0.25, -0.2) is 23.4 Å². The standard InChI is InChI=1S/C27H27F2N7O4/c1-15-23(39-17-5-3-4-16(12-17)26(37)38)9-8-21(32-15)25-22(36(2)35-34-25)14-31-27-30-11-10-24(33-27)40-18-6-7-19(28)20(29)13-18/h6-11,13,16-17H,3-5,12,14H2,1-2H3,(H,37,38)(H,30,31,33)/t16-,17-/m0/s1. The van der Waals surface area contributed by atoms with Crippen LogP contribution in [0.4, 0.5) is 14.7 Å². The highest BCUT2D eigenvalue weighted by Crippen LogP contribution is 2.31. The molecule has 4 aromatic rings. The van der Waals surface area contributed by atoms with Gasteiger partial charge in [-0.3, -0.25) is 4.79 Å². The largest absolute Gasteiger partial charge is 0.489 e. The maximum atomic E-state index is 13.5. The smallest absolute Gasteiger partial charge is 0.306 e. The average Bonchev–Trinajstić information content (AvgIpc) is 3.31. The van der Waals surface area contributed by atoms with E-state index in [1.54, 1.807) is 17.8 Å². The second kappa shape index (κ2) is 11.6. The molecule has 0 saturated heterocycles. The predicted molar refractivity (Wildman–Crippen MR) is 139 cm³/mol. The molecule has 11 nitrogen and oxygen atoms in total. The van der Waals surface area contributed by atoms with E-state index in [0.717, 1.165) is 25.0 Å². The highest BCUT2D eigenvalue weighted by atomic mass is 19.2. The van der Waals surface area contributed by atoms with Gasteiger partial charge in [0.2, 0.25) is 11.8 Å². The fourth-order valence-electron chi connectivity index (χ4n) is 4.54. The SMILES string of the molecule is Cc1nc(-c2nnn(C)c2CNc2nccc(Oc3ccc(F)c(F)c3)n2)ccc1O[C@H]1CCC[C@H](C(=O)O)C1. The zero-order valence-corrected chi connectivity index (χ0v) is 21.8. The number of nitrogens with one attached hydrogen (secondary N) is 1. The summed E-state index contributed by atoms with van der Waals surface area (Å²) < 4.78 is 39.9. The Hall–Kier alpha value is -4.68. The van der Waals surface area contributed by atoms with Gasteiger partial charge >= 0.3 is 5.97 Å². The first-order valence-electron chi connectivity index (χ1n) is 12.7. The van der Waals surface area contributed by atoms with Crippen LogP contribution in [0.15, 0.2) is 42.6 Å². The lowest BCUT2D eigenvalue weighted by molar-refractivity contribution is -0.143. The van der Waals surface area contributed by atoms with E-state index in [4.69, 9.17) is 9.47 Å². The molecule has 13 heteroatoms. The molecule has 208 valence electrons. The van der Waals surface area contributed by atoms with Gasteiger partial charge in [0.05, 0.1) is 35.6 Å². The number of aliphatic carboxylic acids is 1. The first-order valence-corrected chi connectivity index (χ1v) is 12.7. The molecule has 0 unspecified atom stereocenters. The molecular weight excluding hydrogens is 524 g/mol. The molecule has 2 N–H and O–H groups in total. The Morgan fingerprint density at radius 3 is 2.77 bits per heavy atom. The lowest BCUT2D eigenvalue weighted by Crippen LogP contribution is -2.29. The maximum Gasteiger partial charge on any atom is 0.306 e. The number of carboxylic acid groups (broad SMARTS) is 1. The van der Waals surface area contributed by atoms with Crippen LogP contribution >= 0.6 is 0 Å². The minimum Gasteiger partial charge on any atom is -0.489 e. The summed E-state index contributed by atoms with van der Waals surface area (Å²) in [5.41, 5.74) is 2.53. The minimum atomic E-state index is -1.02. The number of hydrogen-bond donors (Lipinski definition) is 2. The highest BCUT2D eigenvalue weighted by molar-refractivity contribution is 5.70. The van der Waals surface area contributed by atoms with Crippen molar-refractivity contribution in [2.24, 2.45) is 13.0 Å². The molecule has 1 aliphatic carbocycles. The molecule has 0 bridgehead atoms. The molecule has 5 rings (SSSR count). The molecule has 40 heavy (non-hydrogen) atoms. The lowest BCUT2D eigenvalue weighted by Gasteiger charge is -2.27. The van der Waals surface area contributed by atoms with Gasteiger partial charge < -0.3 is 19.9 Å². The number of ether oxygens (including phenoxy) is 2. The van der Waals surface area contributed by atoms with Crippen molar-refractivity contribution >= 4 is 11.9 Å². The summed E-state index contributed by atoms with van der Waals surface area (Å²) in [6.07, 6.45) is 4.07. The van der Waals surface area contributed by atoms with Gasteiger partial charge in [-0.1, -0.05) is 5.21 Å².